The summed E-state index contributed by atoms with van der Waals surface area (Å²) in [7, 11) is 1.46. The van der Waals surface area contributed by atoms with E-state index in [1.807, 2.05) is 6.92 Å². The van der Waals surface area contributed by atoms with Crippen molar-refractivity contribution in [3.63, 3.8) is 0 Å². The van der Waals surface area contributed by atoms with Gasteiger partial charge in [-0.05, 0) is 22.4 Å². The molecule has 0 aliphatic rings. The molecule has 0 fully saturated rings. The van der Waals surface area contributed by atoms with Gasteiger partial charge in [0.05, 0.1) is 0 Å². The molecule has 1 N–H and O–H groups in total. The molecule has 2 aromatic rings. The number of imidazole rings is 1. The first kappa shape index (κ1) is 11.1. The Morgan fingerprint density at radius 1 is 1.44 bits per heavy atom. The molecule has 2 aromatic heterocycles. The molecule has 0 bridgehead atoms. The van der Waals surface area contributed by atoms with Crippen LogP contribution in [-0.4, -0.2) is 19.1 Å². The Morgan fingerprint density at radius 2 is 2.12 bits per heavy atom. The van der Waals surface area contributed by atoms with Crippen LogP contribution in [-0.2, 0) is 13.6 Å². The minimum atomic E-state index is -0.356. The maximum atomic E-state index is 11.9. The molecule has 0 aliphatic heterocycles. The topological polar surface area (TPSA) is 72.7 Å². The standard InChI is InChI=1S/C9H11BrN4O2/c1-3-4-14-6-5(11-8(10)12-6)7(15)13(2)9(14)16/h3-4H2,1-2H3,(H,11,12). The van der Waals surface area contributed by atoms with Crippen molar-refractivity contribution in [3.05, 3.63) is 25.6 Å². The monoisotopic (exact) mass is 286 g/mol. The molecule has 6 nitrogen and oxygen atoms in total. The van der Waals surface area contributed by atoms with Crippen LogP contribution in [0.4, 0.5) is 0 Å². The van der Waals surface area contributed by atoms with Crippen LogP contribution < -0.4 is 11.2 Å². The molecule has 0 radical (unpaired) electrons. The number of nitrogens with zero attached hydrogens (tertiary/aromatic N) is 3. The lowest BCUT2D eigenvalue weighted by atomic mass is 10.4. The number of nitrogens with one attached hydrogen (secondary N) is 1. The maximum Gasteiger partial charge on any atom is 0.332 e. The summed E-state index contributed by atoms with van der Waals surface area (Å²) < 4.78 is 3.04. The molecule has 0 amide bonds. The number of halogens is 1. The Hall–Kier alpha value is -1.37. The van der Waals surface area contributed by atoms with Crippen LogP contribution in [0, 0.1) is 0 Å². The van der Waals surface area contributed by atoms with E-state index in [2.05, 4.69) is 25.9 Å². The summed E-state index contributed by atoms with van der Waals surface area (Å²) in [5, 5.41) is 0. The van der Waals surface area contributed by atoms with Gasteiger partial charge in [0, 0.05) is 13.6 Å². The quantitative estimate of drug-likeness (QED) is 0.822. The van der Waals surface area contributed by atoms with E-state index >= 15 is 0 Å². The molecule has 16 heavy (non-hydrogen) atoms. The van der Waals surface area contributed by atoms with Gasteiger partial charge in [-0.25, -0.2) is 9.78 Å². The fourth-order valence-electron chi connectivity index (χ4n) is 1.63. The molecule has 2 rings (SSSR count). The number of hydrogen-bond donors (Lipinski definition) is 1. The van der Waals surface area contributed by atoms with E-state index in [0.29, 0.717) is 22.4 Å². The van der Waals surface area contributed by atoms with Gasteiger partial charge in [-0.15, -0.1) is 0 Å². The van der Waals surface area contributed by atoms with Crippen molar-refractivity contribution in [2.24, 2.45) is 7.05 Å². The number of hydrogen-bond acceptors (Lipinski definition) is 3. The van der Waals surface area contributed by atoms with Crippen molar-refractivity contribution in [3.8, 4) is 0 Å². The van der Waals surface area contributed by atoms with E-state index in [-0.39, 0.29) is 11.2 Å². The van der Waals surface area contributed by atoms with E-state index < -0.39 is 0 Å². The highest BCUT2D eigenvalue weighted by atomic mass is 79.9. The zero-order valence-electron chi connectivity index (χ0n) is 8.95. The predicted octanol–water partition coefficient (Wildman–Crippen LogP) is 0.596. The Morgan fingerprint density at radius 3 is 2.75 bits per heavy atom. The Labute approximate surface area is 99.1 Å². The third-order valence-electron chi connectivity index (χ3n) is 2.40. The van der Waals surface area contributed by atoms with E-state index in [9.17, 15) is 9.59 Å². The van der Waals surface area contributed by atoms with E-state index in [4.69, 9.17) is 0 Å². The molecule has 86 valence electrons. The number of H-pyrrole nitrogens is 1. The van der Waals surface area contributed by atoms with Gasteiger partial charge in [0.25, 0.3) is 5.56 Å². The van der Waals surface area contributed by atoms with Crippen LogP contribution in [0.3, 0.4) is 0 Å². The Bertz CT molecular complexity index is 652. The second-order valence-corrected chi connectivity index (χ2v) is 4.28. The highest BCUT2D eigenvalue weighted by molar-refractivity contribution is 9.10. The zero-order chi connectivity index (χ0) is 11.9. The van der Waals surface area contributed by atoms with E-state index in [0.717, 1.165) is 11.0 Å². The lowest BCUT2D eigenvalue weighted by Crippen LogP contribution is -2.38. The van der Waals surface area contributed by atoms with Crippen molar-refractivity contribution < 1.29 is 0 Å². The smallest absolute Gasteiger partial charge is 0.327 e. The summed E-state index contributed by atoms with van der Waals surface area (Å²) in [4.78, 5) is 30.5. The Balaban J connectivity index is 2.97. The molecule has 0 atom stereocenters. The summed E-state index contributed by atoms with van der Waals surface area (Å²) in [6.07, 6.45) is 0.803. The lowest BCUT2D eigenvalue weighted by Gasteiger charge is -2.06. The van der Waals surface area contributed by atoms with Crippen LogP contribution >= 0.6 is 15.9 Å². The number of aryl methyl sites for hydroxylation is 1. The molecular formula is C9H11BrN4O2. The summed E-state index contributed by atoms with van der Waals surface area (Å²) in [6, 6.07) is 0. The van der Waals surface area contributed by atoms with Crippen molar-refractivity contribution in [2.45, 2.75) is 19.9 Å². The van der Waals surface area contributed by atoms with Crippen molar-refractivity contribution in [2.75, 3.05) is 0 Å². The molecule has 0 spiro atoms. The molecule has 0 aliphatic carbocycles. The third-order valence-corrected chi connectivity index (χ3v) is 2.77. The molecule has 0 unspecified atom stereocenters. The van der Waals surface area contributed by atoms with Gasteiger partial charge < -0.3 is 4.98 Å². The molecule has 7 heteroatoms. The number of aromatic nitrogens is 4. The summed E-state index contributed by atoms with van der Waals surface area (Å²) in [6.45, 7) is 2.51. The second-order valence-electron chi connectivity index (χ2n) is 3.52. The second kappa shape index (κ2) is 3.89. The summed E-state index contributed by atoms with van der Waals surface area (Å²) >= 11 is 3.16. The first-order valence-corrected chi connectivity index (χ1v) is 5.70. The maximum absolute atomic E-state index is 11.9. The van der Waals surface area contributed by atoms with Crippen LogP contribution in [0.25, 0.3) is 11.2 Å². The molecule has 2 heterocycles. The van der Waals surface area contributed by atoms with Crippen LogP contribution in [0.1, 0.15) is 13.3 Å². The van der Waals surface area contributed by atoms with E-state index in [1.165, 1.54) is 11.6 Å². The third kappa shape index (κ3) is 1.51. The summed E-state index contributed by atoms with van der Waals surface area (Å²) in [5.41, 5.74) is 0.0631. The first-order valence-electron chi connectivity index (χ1n) is 4.91. The van der Waals surface area contributed by atoms with Crippen LogP contribution in [0.5, 0.6) is 0 Å². The lowest BCUT2D eigenvalue weighted by molar-refractivity contribution is 0.611. The number of rotatable bonds is 2. The van der Waals surface area contributed by atoms with Crippen LogP contribution in [0.2, 0.25) is 0 Å². The van der Waals surface area contributed by atoms with Gasteiger partial charge in [-0.3, -0.25) is 13.9 Å². The van der Waals surface area contributed by atoms with Gasteiger partial charge in [-0.1, -0.05) is 6.92 Å². The SMILES string of the molecule is CCCn1c(=O)n(C)c(=O)c2[nH]c(Br)nc21. The summed E-state index contributed by atoms with van der Waals surface area (Å²) in [5.74, 6) is 0. The van der Waals surface area contributed by atoms with E-state index in [1.54, 1.807) is 0 Å². The largest absolute Gasteiger partial charge is 0.332 e. The average molecular weight is 287 g/mol. The van der Waals surface area contributed by atoms with Crippen molar-refractivity contribution in [1.29, 1.82) is 0 Å². The van der Waals surface area contributed by atoms with Crippen molar-refractivity contribution in [1.82, 2.24) is 19.1 Å². The molecular weight excluding hydrogens is 276 g/mol. The fraction of sp³-hybridized carbons (Fsp3) is 0.444. The first-order chi connectivity index (χ1) is 7.56. The van der Waals surface area contributed by atoms with Gasteiger partial charge in [0.15, 0.2) is 15.9 Å². The minimum absolute atomic E-state index is 0.335. The predicted molar refractivity (Wildman–Crippen MR) is 63.6 cm³/mol. The molecule has 0 saturated carbocycles. The van der Waals surface area contributed by atoms with Crippen LogP contribution in [0.15, 0.2) is 14.3 Å². The van der Waals surface area contributed by atoms with Gasteiger partial charge >= 0.3 is 5.69 Å². The minimum Gasteiger partial charge on any atom is -0.327 e. The van der Waals surface area contributed by atoms with Gasteiger partial charge in [0.2, 0.25) is 0 Å². The Kier molecular flexibility index (Phi) is 2.71. The van der Waals surface area contributed by atoms with Crippen molar-refractivity contribution >= 4 is 27.1 Å². The molecule has 0 saturated heterocycles. The highest BCUT2D eigenvalue weighted by Crippen LogP contribution is 2.10. The fourth-order valence-corrected chi connectivity index (χ4v) is 2.00. The van der Waals surface area contributed by atoms with Gasteiger partial charge in [-0.2, -0.15) is 0 Å². The molecule has 0 aromatic carbocycles. The highest BCUT2D eigenvalue weighted by Gasteiger charge is 2.13. The number of fused-ring (bicyclic) bond motifs is 1. The average Bonchev–Trinajstić information content (AvgIpc) is 2.63. The zero-order valence-corrected chi connectivity index (χ0v) is 10.5. The van der Waals surface area contributed by atoms with Gasteiger partial charge in [0.1, 0.15) is 0 Å². The normalized spacial score (nSPS) is 11.2. The number of aromatic amines is 1.